The van der Waals surface area contributed by atoms with Crippen molar-refractivity contribution in [1.29, 1.82) is 0 Å². The minimum Gasteiger partial charge on any atom is -0.502 e. The number of fused-ring (bicyclic) bond motifs is 1. The van der Waals surface area contributed by atoms with Gasteiger partial charge >= 0.3 is 0 Å². The molecule has 0 unspecified atom stereocenters. The lowest BCUT2D eigenvalue weighted by atomic mass is 10.1. The fourth-order valence-electron chi connectivity index (χ4n) is 3.33. The molecule has 0 atom stereocenters. The number of para-hydroxylation sites is 1. The van der Waals surface area contributed by atoms with Crippen LogP contribution in [0.5, 0.6) is 17.2 Å². The molecule has 37 heavy (non-hydrogen) atoms. The molecule has 1 amide bonds. The molecule has 1 heterocycles. The Balaban J connectivity index is 0.000000877. The van der Waals surface area contributed by atoms with Gasteiger partial charge in [0.1, 0.15) is 5.82 Å². The van der Waals surface area contributed by atoms with Crippen molar-refractivity contribution in [2.24, 2.45) is 0 Å². The number of aromatic hydroxyl groups is 1. The van der Waals surface area contributed by atoms with Crippen molar-refractivity contribution in [2.75, 3.05) is 56.9 Å². The number of methoxy groups -OCH3 is 2. The van der Waals surface area contributed by atoms with Gasteiger partial charge in [0, 0.05) is 37.1 Å². The smallest absolute Gasteiger partial charge is 0.261 e. The average molecular weight is 536 g/mol. The highest BCUT2D eigenvalue weighted by Gasteiger charge is 2.16. The Kier molecular flexibility index (Phi) is 10.7. The summed E-state index contributed by atoms with van der Waals surface area (Å²) in [4.78, 5) is 24.0. The van der Waals surface area contributed by atoms with E-state index < -0.39 is 10.1 Å². The second-order valence-electron chi connectivity index (χ2n) is 7.71. The summed E-state index contributed by atoms with van der Waals surface area (Å²) in [5.41, 5.74) is 1.19. The molecular formula is C24H33N5O7S. The number of hydrogen-bond acceptors (Lipinski definition) is 10. The zero-order chi connectivity index (χ0) is 27.6. The van der Waals surface area contributed by atoms with Crippen molar-refractivity contribution in [3.8, 4) is 17.2 Å². The van der Waals surface area contributed by atoms with E-state index in [2.05, 4.69) is 34.4 Å². The number of ether oxygens (including phenoxy) is 2. The zero-order valence-electron chi connectivity index (χ0n) is 21.5. The Bertz CT molecular complexity index is 1280. The predicted molar refractivity (Wildman–Crippen MR) is 143 cm³/mol. The van der Waals surface area contributed by atoms with Crippen molar-refractivity contribution in [3.05, 3.63) is 42.0 Å². The highest BCUT2D eigenvalue weighted by molar-refractivity contribution is 7.85. The number of carbonyl (C=O) groups is 1. The van der Waals surface area contributed by atoms with E-state index in [1.165, 1.54) is 26.4 Å². The van der Waals surface area contributed by atoms with Crippen molar-refractivity contribution in [2.45, 2.75) is 13.8 Å². The molecule has 202 valence electrons. The van der Waals surface area contributed by atoms with Crippen LogP contribution in [0.1, 0.15) is 24.2 Å². The molecule has 3 aromatic rings. The van der Waals surface area contributed by atoms with Gasteiger partial charge in [-0.3, -0.25) is 9.35 Å². The monoisotopic (exact) mass is 535 g/mol. The lowest BCUT2D eigenvalue weighted by molar-refractivity contribution is 0.0954. The largest absolute Gasteiger partial charge is 0.502 e. The van der Waals surface area contributed by atoms with Crippen LogP contribution in [-0.2, 0) is 10.1 Å². The van der Waals surface area contributed by atoms with Crippen molar-refractivity contribution < 1.29 is 32.3 Å². The predicted octanol–water partition coefficient (Wildman–Crippen LogP) is 2.54. The maximum Gasteiger partial charge on any atom is 0.261 e. The first-order valence-electron chi connectivity index (χ1n) is 11.4. The van der Waals surface area contributed by atoms with Crippen LogP contribution in [0.4, 0.5) is 11.8 Å². The first-order valence-corrected chi connectivity index (χ1v) is 13.3. The summed E-state index contributed by atoms with van der Waals surface area (Å²) in [6.45, 7) is 6.59. The van der Waals surface area contributed by atoms with Crippen LogP contribution in [0.15, 0.2) is 36.4 Å². The third kappa shape index (κ3) is 8.65. The SMILES string of the molecule is CCN(CC)c1nc(NCCNC(=O)c2cc(OC)c(O)c(OC)c2)c2ccccc2n1.CS(=O)(=O)O. The van der Waals surface area contributed by atoms with Gasteiger partial charge in [0.25, 0.3) is 16.0 Å². The van der Waals surface area contributed by atoms with Gasteiger partial charge in [0.2, 0.25) is 11.7 Å². The van der Waals surface area contributed by atoms with E-state index in [-0.39, 0.29) is 23.2 Å². The molecule has 0 saturated heterocycles. The van der Waals surface area contributed by atoms with Crippen LogP contribution in [0.25, 0.3) is 10.9 Å². The Labute approximate surface area is 216 Å². The Morgan fingerprint density at radius 3 is 2.14 bits per heavy atom. The highest BCUT2D eigenvalue weighted by atomic mass is 32.2. The van der Waals surface area contributed by atoms with Crippen molar-refractivity contribution in [1.82, 2.24) is 15.3 Å². The van der Waals surface area contributed by atoms with Crippen LogP contribution in [0, 0.1) is 0 Å². The van der Waals surface area contributed by atoms with E-state index in [9.17, 15) is 18.3 Å². The summed E-state index contributed by atoms with van der Waals surface area (Å²) >= 11 is 0. The van der Waals surface area contributed by atoms with Gasteiger partial charge in [-0.15, -0.1) is 0 Å². The molecule has 12 nitrogen and oxygen atoms in total. The number of amides is 1. The number of nitrogens with one attached hydrogen (secondary N) is 2. The van der Waals surface area contributed by atoms with E-state index >= 15 is 0 Å². The minimum atomic E-state index is -3.67. The summed E-state index contributed by atoms with van der Waals surface area (Å²) in [5.74, 6) is 1.28. The number of phenols is 1. The number of hydrogen-bond donors (Lipinski definition) is 4. The van der Waals surface area contributed by atoms with Gasteiger partial charge < -0.3 is 30.1 Å². The molecule has 0 bridgehead atoms. The summed E-state index contributed by atoms with van der Waals surface area (Å²) < 4.78 is 36.1. The number of carbonyl (C=O) groups excluding carboxylic acids is 1. The van der Waals surface area contributed by atoms with Crippen LogP contribution >= 0.6 is 0 Å². The topological polar surface area (TPSA) is 163 Å². The van der Waals surface area contributed by atoms with E-state index in [4.69, 9.17) is 19.0 Å². The Hall–Kier alpha value is -3.84. The van der Waals surface area contributed by atoms with E-state index in [1.807, 2.05) is 24.3 Å². The molecule has 0 radical (unpaired) electrons. The zero-order valence-corrected chi connectivity index (χ0v) is 22.3. The van der Waals surface area contributed by atoms with Crippen LogP contribution in [0.2, 0.25) is 0 Å². The van der Waals surface area contributed by atoms with Crippen LogP contribution in [-0.4, -0.2) is 80.6 Å². The molecule has 3 rings (SSSR count). The number of aromatic nitrogens is 2. The van der Waals surface area contributed by atoms with Gasteiger partial charge in [-0.1, -0.05) is 12.1 Å². The van der Waals surface area contributed by atoms with Crippen LogP contribution < -0.4 is 25.0 Å². The van der Waals surface area contributed by atoms with Crippen molar-refractivity contribution in [3.63, 3.8) is 0 Å². The fourth-order valence-corrected chi connectivity index (χ4v) is 3.33. The normalized spacial score (nSPS) is 10.8. The van der Waals surface area contributed by atoms with Gasteiger partial charge in [-0.05, 0) is 38.1 Å². The standard InChI is InChI=1S/C23H29N5O4.CH4O3S/c1-5-28(6-2)23-26-17-10-8-7-9-16(17)21(27-23)24-11-12-25-22(30)15-13-18(31-3)20(29)19(14-15)32-4;1-5(2,3)4/h7-10,13-14,29H,5-6,11-12H2,1-4H3,(H,25,30)(H,24,26,27);1H3,(H,2,3,4). The third-order valence-electron chi connectivity index (χ3n) is 5.08. The maximum absolute atomic E-state index is 12.6. The molecule has 0 saturated carbocycles. The summed E-state index contributed by atoms with van der Waals surface area (Å²) in [7, 11) is -0.836. The molecule has 1 aromatic heterocycles. The molecule has 0 aliphatic rings. The molecule has 0 fully saturated rings. The second-order valence-corrected chi connectivity index (χ2v) is 9.17. The first-order chi connectivity index (χ1) is 17.5. The number of nitrogens with zero attached hydrogens (tertiary/aromatic N) is 3. The van der Waals surface area contributed by atoms with Gasteiger partial charge in [0.15, 0.2) is 11.5 Å². The lowest BCUT2D eigenvalue weighted by Crippen LogP contribution is -2.29. The Morgan fingerprint density at radius 2 is 1.59 bits per heavy atom. The van der Waals surface area contributed by atoms with E-state index in [0.29, 0.717) is 30.9 Å². The molecular weight excluding hydrogens is 502 g/mol. The second kappa shape index (κ2) is 13.5. The van der Waals surface area contributed by atoms with E-state index in [1.54, 1.807) is 0 Å². The van der Waals surface area contributed by atoms with Crippen LogP contribution in [0.3, 0.4) is 0 Å². The first kappa shape index (κ1) is 29.4. The summed E-state index contributed by atoms with van der Waals surface area (Å²) in [6.07, 6.45) is 0.715. The molecule has 13 heteroatoms. The molecule has 0 spiro atoms. The quantitative estimate of drug-likeness (QED) is 0.223. The minimum absolute atomic E-state index is 0.145. The molecule has 4 N–H and O–H groups in total. The number of benzene rings is 2. The summed E-state index contributed by atoms with van der Waals surface area (Å²) in [5, 5.41) is 17.1. The molecule has 0 aliphatic heterocycles. The number of rotatable bonds is 10. The van der Waals surface area contributed by atoms with Crippen molar-refractivity contribution >= 4 is 38.7 Å². The number of phenolic OH excluding ortho intramolecular Hbond substituents is 1. The van der Waals surface area contributed by atoms with Gasteiger partial charge in [-0.25, -0.2) is 4.98 Å². The average Bonchev–Trinajstić information content (AvgIpc) is 2.86. The fraction of sp³-hybridized carbons (Fsp3) is 0.375. The molecule has 2 aromatic carbocycles. The van der Waals surface area contributed by atoms with Gasteiger partial charge in [0.05, 0.1) is 26.0 Å². The third-order valence-corrected chi connectivity index (χ3v) is 5.08. The highest BCUT2D eigenvalue weighted by Crippen LogP contribution is 2.37. The molecule has 0 aliphatic carbocycles. The number of anilines is 2. The Morgan fingerprint density at radius 1 is 1.03 bits per heavy atom. The maximum atomic E-state index is 12.6. The van der Waals surface area contributed by atoms with E-state index in [0.717, 1.165) is 29.8 Å². The summed E-state index contributed by atoms with van der Waals surface area (Å²) in [6, 6.07) is 10.8. The lowest BCUT2D eigenvalue weighted by Gasteiger charge is -2.20. The van der Waals surface area contributed by atoms with Gasteiger partial charge in [-0.2, -0.15) is 13.4 Å².